The van der Waals surface area contributed by atoms with E-state index in [0.717, 1.165) is 12.0 Å². The third-order valence-corrected chi connectivity index (χ3v) is 4.30. The molecule has 1 N–H and O–H groups in total. The Bertz CT molecular complexity index is 428. The molecule has 106 valence electrons. The van der Waals surface area contributed by atoms with E-state index in [1.165, 1.54) is 25.7 Å². The van der Waals surface area contributed by atoms with Crippen LogP contribution in [0.25, 0.3) is 0 Å². The van der Waals surface area contributed by atoms with Gasteiger partial charge in [-0.15, -0.1) is 0 Å². The highest BCUT2D eigenvalue weighted by Gasteiger charge is 2.23. The van der Waals surface area contributed by atoms with Crippen LogP contribution in [-0.2, 0) is 0 Å². The van der Waals surface area contributed by atoms with Gasteiger partial charge in [0.15, 0.2) is 11.5 Å². The first-order valence-electron chi connectivity index (χ1n) is 6.75. The van der Waals surface area contributed by atoms with Crippen LogP contribution in [0.15, 0.2) is 12.1 Å². The van der Waals surface area contributed by atoms with Gasteiger partial charge in [0.1, 0.15) is 0 Å². The highest BCUT2D eigenvalue weighted by Crippen LogP contribution is 2.42. The summed E-state index contributed by atoms with van der Waals surface area (Å²) >= 11 is 6.31. The predicted octanol–water partition coefficient (Wildman–Crippen LogP) is 3.97. The van der Waals surface area contributed by atoms with Gasteiger partial charge in [0.25, 0.3) is 0 Å². The molecule has 1 aromatic carbocycles. The van der Waals surface area contributed by atoms with E-state index in [9.17, 15) is 5.11 Å². The lowest BCUT2D eigenvalue weighted by Gasteiger charge is -2.19. The molecule has 0 aliphatic heterocycles. The van der Waals surface area contributed by atoms with Crippen LogP contribution in [0.1, 0.15) is 43.8 Å². The lowest BCUT2D eigenvalue weighted by atomic mass is 9.95. The minimum Gasteiger partial charge on any atom is -0.493 e. The Morgan fingerprint density at radius 2 is 1.95 bits per heavy atom. The van der Waals surface area contributed by atoms with Gasteiger partial charge in [-0.05, 0) is 18.4 Å². The predicted molar refractivity (Wildman–Crippen MR) is 76.1 cm³/mol. The van der Waals surface area contributed by atoms with Gasteiger partial charge in [-0.3, -0.25) is 0 Å². The number of halogens is 1. The second kappa shape index (κ2) is 6.49. The molecule has 0 spiro atoms. The molecule has 0 amide bonds. The minimum atomic E-state index is -0.532. The van der Waals surface area contributed by atoms with Crippen molar-refractivity contribution in [3.63, 3.8) is 0 Å². The van der Waals surface area contributed by atoms with E-state index in [2.05, 4.69) is 0 Å². The molecule has 1 fully saturated rings. The van der Waals surface area contributed by atoms with Crippen molar-refractivity contribution in [1.29, 1.82) is 0 Å². The zero-order valence-electron chi connectivity index (χ0n) is 11.5. The summed E-state index contributed by atoms with van der Waals surface area (Å²) in [6.07, 6.45) is 5.21. The number of rotatable bonds is 5. The normalized spacial score (nSPS) is 17.5. The fraction of sp³-hybridized carbons (Fsp3) is 0.600. The molecule has 4 heteroatoms. The van der Waals surface area contributed by atoms with Gasteiger partial charge in [-0.1, -0.05) is 43.4 Å². The first kappa shape index (κ1) is 14.5. The SMILES string of the molecule is COc1ccc(C(O)CC2CCCC2)c(Cl)c1OC. The molecule has 0 bridgehead atoms. The molecule has 3 nitrogen and oxygen atoms in total. The molecule has 0 aromatic heterocycles. The molecule has 0 heterocycles. The monoisotopic (exact) mass is 284 g/mol. The van der Waals surface area contributed by atoms with Crippen LogP contribution in [0, 0.1) is 5.92 Å². The van der Waals surface area contributed by atoms with Crippen LogP contribution < -0.4 is 9.47 Å². The number of hydrogen-bond donors (Lipinski definition) is 1. The Morgan fingerprint density at radius 1 is 1.26 bits per heavy atom. The zero-order valence-corrected chi connectivity index (χ0v) is 12.2. The molecule has 1 aliphatic carbocycles. The third kappa shape index (κ3) is 3.15. The molecule has 19 heavy (non-hydrogen) atoms. The van der Waals surface area contributed by atoms with Gasteiger partial charge in [0, 0.05) is 5.56 Å². The van der Waals surface area contributed by atoms with Crippen molar-refractivity contribution >= 4 is 11.6 Å². The standard InChI is InChI=1S/C15H21ClO3/c1-18-13-8-7-11(14(16)15(13)19-2)12(17)9-10-5-3-4-6-10/h7-8,10,12,17H,3-6,9H2,1-2H3. The van der Waals surface area contributed by atoms with Crippen molar-refractivity contribution in [2.24, 2.45) is 5.92 Å². The van der Waals surface area contributed by atoms with Crippen LogP contribution in [-0.4, -0.2) is 19.3 Å². The number of aliphatic hydroxyl groups excluding tert-OH is 1. The van der Waals surface area contributed by atoms with Crippen molar-refractivity contribution in [1.82, 2.24) is 0 Å². The molecule has 1 aliphatic rings. The second-order valence-electron chi connectivity index (χ2n) is 5.11. The topological polar surface area (TPSA) is 38.7 Å². The van der Waals surface area contributed by atoms with E-state index < -0.39 is 6.10 Å². The summed E-state index contributed by atoms with van der Waals surface area (Å²) in [6.45, 7) is 0. The number of hydrogen-bond acceptors (Lipinski definition) is 3. The van der Waals surface area contributed by atoms with Gasteiger partial charge in [0.2, 0.25) is 0 Å². The summed E-state index contributed by atoms with van der Waals surface area (Å²) in [5.74, 6) is 1.69. The third-order valence-electron chi connectivity index (χ3n) is 3.91. The summed E-state index contributed by atoms with van der Waals surface area (Å²) in [5.41, 5.74) is 0.728. The second-order valence-corrected chi connectivity index (χ2v) is 5.48. The van der Waals surface area contributed by atoms with Crippen LogP contribution >= 0.6 is 11.6 Å². The molecular formula is C15H21ClO3. The van der Waals surface area contributed by atoms with E-state index in [1.807, 2.05) is 6.07 Å². The zero-order chi connectivity index (χ0) is 13.8. The molecule has 0 saturated heterocycles. The minimum absolute atomic E-state index is 0.451. The molecule has 0 radical (unpaired) electrons. The maximum absolute atomic E-state index is 10.4. The lowest BCUT2D eigenvalue weighted by molar-refractivity contribution is 0.144. The van der Waals surface area contributed by atoms with Crippen LogP contribution in [0.4, 0.5) is 0 Å². The average molecular weight is 285 g/mol. The van der Waals surface area contributed by atoms with Crippen molar-refractivity contribution in [3.05, 3.63) is 22.7 Å². The molecule has 2 rings (SSSR count). The number of benzene rings is 1. The summed E-state index contributed by atoms with van der Waals surface area (Å²) in [7, 11) is 3.12. The maximum atomic E-state index is 10.4. The number of methoxy groups -OCH3 is 2. The van der Waals surface area contributed by atoms with E-state index in [-0.39, 0.29) is 0 Å². The Morgan fingerprint density at radius 3 is 2.53 bits per heavy atom. The molecular weight excluding hydrogens is 264 g/mol. The first-order chi connectivity index (χ1) is 9.17. The highest BCUT2D eigenvalue weighted by atomic mass is 35.5. The van der Waals surface area contributed by atoms with E-state index in [0.29, 0.717) is 22.4 Å². The summed E-state index contributed by atoms with van der Waals surface area (Å²) in [4.78, 5) is 0. The van der Waals surface area contributed by atoms with E-state index in [1.54, 1.807) is 20.3 Å². The van der Waals surface area contributed by atoms with Crippen molar-refractivity contribution in [2.75, 3.05) is 14.2 Å². The van der Waals surface area contributed by atoms with Crippen molar-refractivity contribution in [2.45, 2.75) is 38.2 Å². The van der Waals surface area contributed by atoms with Gasteiger partial charge >= 0.3 is 0 Å². The lowest BCUT2D eigenvalue weighted by Crippen LogP contribution is -2.06. The Balaban J connectivity index is 2.18. The van der Waals surface area contributed by atoms with E-state index in [4.69, 9.17) is 21.1 Å². The summed E-state index contributed by atoms with van der Waals surface area (Å²) in [6, 6.07) is 3.61. The fourth-order valence-corrected chi connectivity index (χ4v) is 3.21. The van der Waals surface area contributed by atoms with Gasteiger partial charge in [-0.25, -0.2) is 0 Å². The number of ether oxygens (including phenoxy) is 2. The first-order valence-corrected chi connectivity index (χ1v) is 7.13. The number of aliphatic hydroxyl groups is 1. The average Bonchev–Trinajstić information content (AvgIpc) is 2.90. The molecule has 1 atom stereocenters. The van der Waals surface area contributed by atoms with Crippen molar-refractivity contribution in [3.8, 4) is 11.5 Å². The Kier molecular flexibility index (Phi) is 4.94. The molecule has 1 saturated carbocycles. The maximum Gasteiger partial charge on any atom is 0.179 e. The summed E-state index contributed by atoms with van der Waals surface area (Å²) in [5, 5.41) is 10.8. The van der Waals surface area contributed by atoms with Gasteiger partial charge in [0.05, 0.1) is 25.3 Å². The van der Waals surface area contributed by atoms with Gasteiger partial charge < -0.3 is 14.6 Å². The van der Waals surface area contributed by atoms with E-state index >= 15 is 0 Å². The van der Waals surface area contributed by atoms with Crippen molar-refractivity contribution < 1.29 is 14.6 Å². The Labute approximate surface area is 119 Å². The fourth-order valence-electron chi connectivity index (χ4n) is 2.85. The smallest absolute Gasteiger partial charge is 0.179 e. The van der Waals surface area contributed by atoms with Crippen LogP contribution in [0.2, 0.25) is 5.02 Å². The quantitative estimate of drug-likeness (QED) is 0.889. The largest absolute Gasteiger partial charge is 0.493 e. The van der Waals surface area contributed by atoms with Crippen LogP contribution in [0.3, 0.4) is 0 Å². The van der Waals surface area contributed by atoms with Crippen LogP contribution in [0.5, 0.6) is 11.5 Å². The summed E-state index contributed by atoms with van der Waals surface area (Å²) < 4.78 is 10.5. The molecule has 1 aromatic rings. The Hall–Kier alpha value is -0.930. The highest BCUT2D eigenvalue weighted by molar-refractivity contribution is 6.33. The molecule has 1 unspecified atom stereocenters. The van der Waals surface area contributed by atoms with Gasteiger partial charge in [-0.2, -0.15) is 0 Å².